The zero-order chi connectivity index (χ0) is 24.0. The quantitative estimate of drug-likeness (QED) is 0.448. The lowest BCUT2D eigenvalue weighted by Gasteiger charge is -2.20. The van der Waals surface area contributed by atoms with E-state index in [1.165, 1.54) is 14.2 Å². The van der Waals surface area contributed by atoms with Crippen LogP contribution in [0.5, 0.6) is 23.0 Å². The lowest BCUT2D eigenvalue weighted by atomic mass is 10.0. The fourth-order valence-corrected chi connectivity index (χ4v) is 3.04. The maximum absolute atomic E-state index is 13.9. The second-order valence-electron chi connectivity index (χ2n) is 6.89. The van der Waals surface area contributed by atoms with Crippen LogP contribution >= 0.6 is 0 Å². The molecule has 0 aliphatic carbocycles. The van der Waals surface area contributed by atoms with Gasteiger partial charge in [0.15, 0.2) is 11.5 Å². The first kappa shape index (κ1) is 23.8. The molecule has 0 bridgehead atoms. The molecule has 6 nitrogen and oxygen atoms in total. The highest BCUT2D eigenvalue weighted by Gasteiger charge is 2.41. The number of rotatable bonds is 9. The maximum atomic E-state index is 13.9. The number of ether oxygens (including phenoxy) is 4. The number of carbonyl (C=O) groups is 1. The standard InChI is InChI=1S/C24H21F3O6/c1-30-17-7-3-15(4-8-17)13-32-20-12-11-19(23(28)29)21(24(25,26)27)22(20)33-14-16-5-9-18(31-2)10-6-16/h3-12H,13-14H2,1-2H3,(H,28,29). The maximum Gasteiger partial charge on any atom is 0.420 e. The molecule has 0 aliphatic rings. The Bertz CT molecular complexity index is 1090. The molecule has 0 radical (unpaired) electrons. The minimum absolute atomic E-state index is 0.0629. The summed E-state index contributed by atoms with van der Waals surface area (Å²) in [5.41, 5.74) is -1.10. The molecule has 3 aromatic rings. The Labute approximate surface area is 188 Å². The van der Waals surface area contributed by atoms with Crippen molar-refractivity contribution in [1.82, 2.24) is 0 Å². The van der Waals surface area contributed by atoms with Gasteiger partial charge in [-0.15, -0.1) is 0 Å². The van der Waals surface area contributed by atoms with Gasteiger partial charge in [0.25, 0.3) is 0 Å². The first-order valence-corrected chi connectivity index (χ1v) is 9.72. The minimum atomic E-state index is -4.98. The molecule has 9 heteroatoms. The van der Waals surface area contributed by atoms with Gasteiger partial charge in [0.1, 0.15) is 30.3 Å². The van der Waals surface area contributed by atoms with Crippen LogP contribution in [-0.2, 0) is 19.4 Å². The molecule has 0 aliphatic heterocycles. The van der Waals surface area contributed by atoms with Crippen molar-refractivity contribution in [1.29, 1.82) is 0 Å². The summed E-state index contributed by atoms with van der Waals surface area (Å²) in [6.45, 7) is -0.304. The summed E-state index contributed by atoms with van der Waals surface area (Å²) in [5, 5.41) is 9.32. The normalized spacial score (nSPS) is 11.1. The van der Waals surface area contributed by atoms with Gasteiger partial charge in [-0.3, -0.25) is 0 Å². The van der Waals surface area contributed by atoms with Crippen molar-refractivity contribution < 1.29 is 42.0 Å². The summed E-state index contributed by atoms with van der Waals surface area (Å²) >= 11 is 0. The van der Waals surface area contributed by atoms with Crippen molar-refractivity contribution in [2.45, 2.75) is 19.4 Å². The molecule has 0 fully saturated rings. The summed E-state index contributed by atoms with van der Waals surface area (Å²) in [7, 11) is 3.01. The van der Waals surface area contributed by atoms with Gasteiger partial charge in [0.2, 0.25) is 0 Å². The van der Waals surface area contributed by atoms with Crippen LogP contribution in [0.4, 0.5) is 13.2 Å². The van der Waals surface area contributed by atoms with Crippen LogP contribution in [0.2, 0.25) is 0 Å². The van der Waals surface area contributed by atoms with Crippen LogP contribution in [0.15, 0.2) is 60.7 Å². The van der Waals surface area contributed by atoms with E-state index in [1.54, 1.807) is 48.5 Å². The summed E-state index contributed by atoms with van der Waals surface area (Å²) in [6, 6.07) is 15.3. The van der Waals surface area contributed by atoms with Gasteiger partial charge >= 0.3 is 12.1 Å². The number of hydrogen-bond acceptors (Lipinski definition) is 5. The van der Waals surface area contributed by atoms with Crippen molar-refractivity contribution in [3.05, 3.63) is 82.9 Å². The molecule has 0 unspecified atom stereocenters. The Hall–Kier alpha value is -3.88. The molecule has 0 atom stereocenters. The zero-order valence-electron chi connectivity index (χ0n) is 17.8. The average molecular weight is 462 g/mol. The number of halogens is 3. The number of benzene rings is 3. The number of hydrogen-bond donors (Lipinski definition) is 1. The van der Waals surface area contributed by atoms with E-state index in [1.807, 2.05) is 0 Å². The van der Waals surface area contributed by atoms with E-state index in [9.17, 15) is 23.1 Å². The van der Waals surface area contributed by atoms with Gasteiger partial charge < -0.3 is 24.1 Å². The Morgan fingerprint density at radius 2 is 1.27 bits per heavy atom. The number of methoxy groups -OCH3 is 2. The third-order valence-corrected chi connectivity index (χ3v) is 4.73. The van der Waals surface area contributed by atoms with E-state index in [0.717, 1.165) is 12.1 Å². The number of carboxylic acids is 1. The molecule has 33 heavy (non-hydrogen) atoms. The van der Waals surface area contributed by atoms with Crippen LogP contribution in [0, 0.1) is 0 Å². The van der Waals surface area contributed by atoms with Gasteiger partial charge in [0, 0.05) is 0 Å². The molecule has 174 valence electrons. The Morgan fingerprint density at radius 3 is 1.70 bits per heavy atom. The van der Waals surface area contributed by atoms with Gasteiger partial charge in [-0.1, -0.05) is 24.3 Å². The molecular formula is C24H21F3O6. The van der Waals surface area contributed by atoms with Gasteiger partial charge in [-0.05, 0) is 47.5 Å². The third kappa shape index (κ3) is 5.88. The van der Waals surface area contributed by atoms with Crippen molar-refractivity contribution in [3.8, 4) is 23.0 Å². The predicted molar refractivity (Wildman–Crippen MR) is 113 cm³/mol. The number of carboxylic acid groups (broad SMARTS) is 1. The number of aromatic carboxylic acids is 1. The van der Waals surface area contributed by atoms with Gasteiger partial charge in [-0.2, -0.15) is 13.2 Å². The van der Waals surface area contributed by atoms with Crippen LogP contribution in [0.3, 0.4) is 0 Å². The molecule has 3 rings (SSSR count). The lowest BCUT2D eigenvalue weighted by molar-refractivity contribution is -0.139. The number of alkyl halides is 3. The topological polar surface area (TPSA) is 74.2 Å². The predicted octanol–water partition coefficient (Wildman–Crippen LogP) is 5.58. The molecule has 0 amide bonds. The first-order chi connectivity index (χ1) is 15.7. The molecule has 3 aromatic carbocycles. The fraction of sp³-hybridized carbons (Fsp3) is 0.208. The second kappa shape index (κ2) is 10.2. The molecule has 0 saturated heterocycles. The Balaban J connectivity index is 1.95. The SMILES string of the molecule is COc1ccc(COc2ccc(C(=O)O)c(C(F)(F)F)c2OCc2ccc(OC)cc2)cc1. The second-order valence-corrected chi connectivity index (χ2v) is 6.89. The van der Waals surface area contributed by atoms with Crippen molar-refractivity contribution in [2.24, 2.45) is 0 Å². The molecular weight excluding hydrogens is 441 g/mol. The van der Waals surface area contributed by atoms with Crippen LogP contribution in [0.25, 0.3) is 0 Å². The van der Waals surface area contributed by atoms with Crippen LogP contribution < -0.4 is 18.9 Å². The highest BCUT2D eigenvalue weighted by atomic mass is 19.4. The summed E-state index contributed by atoms with van der Waals surface area (Å²) < 4.78 is 62.9. The molecule has 0 heterocycles. The smallest absolute Gasteiger partial charge is 0.420 e. The summed E-state index contributed by atoms with van der Waals surface area (Å²) in [5.74, 6) is -1.44. The molecule has 1 N–H and O–H groups in total. The molecule has 0 spiro atoms. The zero-order valence-corrected chi connectivity index (χ0v) is 17.8. The van der Waals surface area contributed by atoms with Gasteiger partial charge in [0.05, 0.1) is 19.8 Å². The molecule has 0 aromatic heterocycles. The van der Waals surface area contributed by atoms with Crippen LogP contribution in [0.1, 0.15) is 27.0 Å². The fourth-order valence-electron chi connectivity index (χ4n) is 3.04. The Kier molecular flexibility index (Phi) is 7.32. The van der Waals surface area contributed by atoms with E-state index >= 15 is 0 Å². The third-order valence-electron chi connectivity index (χ3n) is 4.73. The van der Waals surface area contributed by atoms with E-state index in [-0.39, 0.29) is 19.0 Å². The van der Waals surface area contributed by atoms with Crippen molar-refractivity contribution in [3.63, 3.8) is 0 Å². The first-order valence-electron chi connectivity index (χ1n) is 9.72. The van der Waals surface area contributed by atoms with E-state index in [4.69, 9.17) is 18.9 Å². The summed E-state index contributed by atoms with van der Waals surface area (Å²) in [4.78, 5) is 11.5. The van der Waals surface area contributed by atoms with Crippen molar-refractivity contribution in [2.75, 3.05) is 14.2 Å². The van der Waals surface area contributed by atoms with E-state index in [0.29, 0.717) is 22.6 Å². The van der Waals surface area contributed by atoms with Gasteiger partial charge in [-0.25, -0.2) is 4.79 Å². The van der Waals surface area contributed by atoms with Crippen LogP contribution in [-0.4, -0.2) is 25.3 Å². The average Bonchev–Trinajstić information content (AvgIpc) is 2.81. The largest absolute Gasteiger partial charge is 0.497 e. The monoisotopic (exact) mass is 462 g/mol. The Morgan fingerprint density at radius 1 is 0.788 bits per heavy atom. The highest BCUT2D eigenvalue weighted by molar-refractivity contribution is 5.91. The minimum Gasteiger partial charge on any atom is -0.497 e. The van der Waals surface area contributed by atoms with E-state index in [2.05, 4.69) is 0 Å². The van der Waals surface area contributed by atoms with Crippen molar-refractivity contribution >= 4 is 5.97 Å². The highest BCUT2D eigenvalue weighted by Crippen LogP contribution is 2.44. The summed E-state index contributed by atoms with van der Waals surface area (Å²) in [6.07, 6.45) is -4.98. The molecule has 0 saturated carbocycles. The lowest BCUT2D eigenvalue weighted by Crippen LogP contribution is -2.16. The van der Waals surface area contributed by atoms with E-state index < -0.39 is 29.0 Å².